The Labute approximate surface area is 147 Å². The van der Waals surface area contributed by atoms with E-state index in [0.29, 0.717) is 17.4 Å². The Balaban J connectivity index is 1.93. The Morgan fingerprint density at radius 3 is 2.48 bits per heavy atom. The summed E-state index contributed by atoms with van der Waals surface area (Å²) in [5.74, 6) is 0.629. The van der Waals surface area contributed by atoms with E-state index in [4.69, 9.17) is 14.6 Å². The maximum Gasteiger partial charge on any atom is 0.341 e. The SMILES string of the molecule is COc1ccc(CC[C@@H](C)c2ccc(OCC(=O)O)cc2)cc1CO. The third-order valence-corrected chi connectivity index (χ3v) is 4.19. The lowest BCUT2D eigenvalue weighted by atomic mass is 9.93. The fraction of sp³-hybridized carbons (Fsp3) is 0.350. The molecule has 0 radical (unpaired) electrons. The minimum absolute atomic E-state index is 0.0373. The Kier molecular flexibility index (Phi) is 6.83. The molecule has 0 aliphatic carbocycles. The quantitative estimate of drug-likeness (QED) is 0.729. The highest BCUT2D eigenvalue weighted by atomic mass is 16.5. The number of benzene rings is 2. The minimum atomic E-state index is -0.987. The maximum absolute atomic E-state index is 10.5. The smallest absolute Gasteiger partial charge is 0.341 e. The number of hydrogen-bond acceptors (Lipinski definition) is 4. The molecule has 0 saturated heterocycles. The molecule has 5 heteroatoms. The number of aliphatic carboxylic acids is 1. The molecule has 0 fully saturated rings. The number of aryl methyl sites for hydroxylation is 1. The van der Waals surface area contributed by atoms with Crippen molar-refractivity contribution < 1.29 is 24.5 Å². The molecule has 0 saturated carbocycles. The average molecular weight is 344 g/mol. The van der Waals surface area contributed by atoms with Gasteiger partial charge in [-0.15, -0.1) is 0 Å². The number of hydrogen-bond donors (Lipinski definition) is 2. The molecule has 0 spiro atoms. The lowest BCUT2D eigenvalue weighted by molar-refractivity contribution is -0.139. The number of carbonyl (C=O) groups is 1. The first kappa shape index (κ1) is 18.8. The fourth-order valence-electron chi connectivity index (χ4n) is 2.70. The summed E-state index contributed by atoms with van der Waals surface area (Å²) in [6, 6.07) is 13.4. The molecule has 0 unspecified atom stereocenters. The van der Waals surface area contributed by atoms with Crippen molar-refractivity contribution in [1.29, 1.82) is 0 Å². The summed E-state index contributed by atoms with van der Waals surface area (Å²) < 4.78 is 10.4. The minimum Gasteiger partial charge on any atom is -0.496 e. The molecule has 0 amide bonds. The van der Waals surface area contributed by atoms with E-state index in [9.17, 15) is 9.90 Å². The highest BCUT2D eigenvalue weighted by molar-refractivity contribution is 5.68. The van der Waals surface area contributed by atoms with E-state index in [1.807, 2.05) is 30.3 Å². The molecule has 25 heavy (non-hydrogen) atoms. The van der Waals surface area contributed by atoms with Crippen LogP contribution in [0.1, 0.15) is 36.0 Å². The second-order valence-electron chi connectivity index (χ2n) is 6.00. The third-order valence-electron chi connectivity index (χ3n) is 4.19. The Bertz CT molecular complexity index is 694. The molecule has 134 valence electrons. The number of methoxy groups -OCH3 is 1. The van der Waals surface area contributed by atoms with Gasteiger partial charge >= 0.3 is 5.97 Å². The maximum atomic E-state index is 10.5. The zero-order chi connectivity index (χ0) is 18.2. The van der Waals surface area contributed by atoms with E-state index in [1.165, 1.54) is 5.56 Å². The van der Waals surface area contributed by atoms with Gasteiger partial charge in [0.1, 0.15) is 11.5 Å². The molecule has 0 heterocycles. The first-order valence-electron chi connectivity index (χ1n) is 8.24. The Hall–Kier alpha value is -2.53. The van der Waals surface area contributed by atoms with Gasteiger partial charge in [0, 0.05) is 5.56 Å². The molecule has 2 aromatic carbocycles. The number of carboxylic acid groups (broad SMARTS) is 1. The number of ether oxygens (including phenoxy) is 2. The van der Waals surface area contributed by atoms with Gasteiger partial charge in [-0.25, -0.2) is 4.79 Å². The first-order valence-corrected chi connectivity index (χ1v) is 8.24. The molecule has 0 bridgehead atoms. The lowest BCUT2D eigenvalue weighted by Gasteiger charge is -2.14. The largest absolute Gasteiger partial charge is 0.496 e. The average Bonchev–Trinajstić information content (AvgIpc) is 2.64. The van der Waals surface area contributed by atoms with Crippen LogP contribution in [0.4, 0.5) is 0 Å². The van der Waals surface area contributed by atoms with Gasteiger partial charge in [0.15, 0.2) is 6.61 Å². The highest BCUT2D eigenvalue weighted by Gasteiger charge is 2.09. The van der Waals surface area contributed by atoms with E-state index >= 15 is 0 Å². The summed E-state index contributed by atoms with van der Waals surface area (Å²) in [6.45, 7) is 1.79. The molecule has 5 nitrogen and oxygen atoms in total. The lowest BCUT2D eigenvalue weighted by Crippen LogP contribution is -2.09. The molecule has 2 N–H and O–H groups in total. The van der Waals surface area contributed by atoms with Crippen LogP contribution in [0.15, 0.2) is 42.5 Å². The van der Waals surface area contributed by atoms with Crippen molar-refractivity contribution in [2.45, 2.75) is 32.3 Å². The summed E-state index contributed by atoms with van der Waals surface area (Å²) in [5, 5.41) is 18.0. The third kappa shape index (κ3) is 5.50. The van der Waals surface area contributed by atoms with E-state index in [2.05, 4.69) is 6.92 Å². The van der Waals surface area contributed by atoms with Gasteiger partial charge in [0.25, 0.3) is 0 Å². The van der Waals surface area contributed by atoms with Crippen molar-refractivity contribution in [3.63, 3.8) is 0 Å². The van der Waals surface area contributed by atoms with E-state index in [-0.39, 0.29) is 13.2 Å². The molecule has 2 rings (SSSR count). The van der Waals surface area contributed by atoms with Gasteiger partial charge in [-0.3, -0.25) is 0 Å². The number of carboxylic acids is 1. The van der Waals surface area contributed by atoms with Crippen molar-refractivity contribution in [3.05, 3.63) is 59.2 Å². The van der Waals surface area contributed by atoms with E-state index in [0.717, 1.165) is 24.0 Å². The monoisotopic (exact) mass is 344 g/mol. The zero-order valence-corrected chi connectivity index (χ0v) is 14.6. The van der Waals surface area contributed by atoms with Crippen LogP contribution in [0.5, 0.6) is 11.5 Å². The van der Waals surface area contributed by atoms with Gasteiger partial charge in [0.2, 0.25) is 0 Å². The van der Waals surface area contributed by atoms with Gasteiger partial charge in [-0.2, -0.15) is 0 Å². The zero-order valence-electron chi connectivity index (χ0n) is 14.6. The fourth-order valence-corrected chi connectivity index (χ4v) is 2.70. The van der Waals surface area contributed by atoms with Crippen LogP contribution in [0, 0.1) is 0 Å². The van der Waals surface area contributed by atoms with Crippen molar-refractivity contribution in [2.75, 3.05) is 13.7 Å². The van der Waals surface area contributed by atoms with Crippen LogP contribution in [0.3, 0.4) is 0 Å². The van der Waals surface area contributed by atoms with Crippen molar-refractivity contribution in [3.8, 4) is 11.5 Å². The summed E-state index contributed by atoms with van der Waals surface area (Å²) in [5.41, 5.74) is 3.14. The molecular formula is C20H24O5. The van der Waals surface area contributed by atoms with Crippen LogP contribution >= 0.6 is 0 Å². The summed E-state index contributed by atoms with van der Waals surface area (Å²) in [7, 11) is 1.60. The van der Waals surface area contributed by atoms with Crippen molar-refractivity contribution in [2.24, 2.45) is 0 Å². The van der Waals surface area contributed by atoms with Gasteiger partial charge < -0.3 is 19.7 Å². The van der Waals surface area contributed by atoms with E-state index < -0.39 is 5.97 Å². The van der Waals surface area contributed by atoms with Gasteiger partial charge in [-0.05, 0) is 54.2 Å². The van der Waals surface area contributed by atoms with Crippen LogP contribution in [0.2, 0.25) is 0 Å². The molecule has 0 aliphatic rings. The standard InChI is InChI=1S/C20H24O5/c1-14(16-6-8-18(9-7-16)25-13-20(22)23)3-4-15-5-10-19(24-2)17(11-15)12-21/h5-11,14,21H,3-4,12-13H2,1-2H3,(H,22,23)/t14-/m1/s1. The first-order chi connectivity index (χ1) is 12.0. The van der Waals surface area contributed by atoms with Crippen LogP contribution in [-0.4, -0.2) is 29.9 Å². The van der Waals surface area contributed by atoms with Crippen LogP contribution in [-0.2, 0) is 17.8 Å². The summed E-state index contributed by atoms with van der Waals surface area (Å²) in [4.78, 5) is 10.5. The van der Waals surface area contributed by atoms with Crippen molar-refractivity contribution in [1.82, 2.24) is 0 Å². The Morgan fingerprint density at radius 2 is 1.88 bits per heavy atom. The van der Waals surface area contributed by atoms with Crippen molar-refractivity contribution >= 4 is 5.97 Å². The molecule has 1 atom stereocenters. The second kappa shape index (κ2) is 9.08. The van der Waals surface area contributed by atoms with Gasteiger partial charge in [-0.1, -0.05) is 25.1 Å². The Morgan fingerprint density at radius 1 is 1.16 bits per heavy atom. The summed E-state index contributed by atoms with van der Waals surface area (Å²) in [6.07, 6.45) is 1.86. The number of aliphatic hydroxyl groups excluding tert-OH is 1. The molecular weight excluding hydrogens is 320 g/mol. The molecule has 2 aromatic rings. The highest BCUT2D eigenvalue weighted by Crippen LogP contribution is 2.25. The van der Waals surface area contributed by atoms with Crippen LogP contribution < -0.4 is 9.47 Å². The number of rotatable bonds is 9. The molecule has 0 aromatic heterocycles. The van der Waals surface area contributed by atoms with Crippen LogP contribution in [0.25, 0.3) is 0 Å². The van der Waals surface area contributed by atoms with Gasteiger partial charge in [0.05, 0.1) is 13.7 Å². The van der Waals surface area contributed by atoms with E-state index in [1.54, 1.807) is 19.2 Å². The number of aliphatic hydroxyl groups is 1. The normalized spacial score (nSPS) is 11.8. The second-order valence-corrected chi connectivity index (χ2v) is 6.00. The summed E-state index contributed by atoms with van der Waals surface area (Å²) >= 11 is 0. The predicted octanol–water partition coefficient (Wildman–Crippen LogP) is 3.39. The predicted molar refractivity (Wildman–Crippen MR) is 95.2 cm³/mol. The molecule has 0 aliphatic heterocycles. The topological polar surface area (TPSA) is 76.0 Å².